The first kappa shape index (κ1) is 12.9. The van der Waals surface area contributed by atoms with Gasteiger partial charge in [0.2, 0.25) is 0 Å². The lowest BCUT2D eigenvalue weighted by Gasteiger charge is -2.08. The van der Waals surface area contributed by atoms with E-state index in [1.807, 2.05) is 6.07 Å². The Morgan fingerprint density at radius 3 is 2.50 bits per heavy atom. The van der Waals surface area contributed by atoms with E-state index in [9.17, 15) is 4.39 Å². The molecular formula is C13H7BrClFN2. The zero-order valence-electron chi connectivity index (χ0n) is 9.05. The van der Waals surface area contributed by atoms with Gasteiger partial charge in [0.15, 0.2) is 0 Å². The van der Waals surface area contributed by atoms with Gasteiger partial charge in [-0.3, -0.25) is 0 Å². The summed E-state index contributed by atoms with van der Waals surface area (Å²) < 4.78 is 13.9. The predicted molar refractivity (Wildman–Crippen MR) is 73.5 cm³/mol. The van der Waals surface area contributed by atoms with Crippen molar-refractivity contribution in [3.05, 3.63) is 57.3 Å². The molecule has 0 aliphatic carbocycles. The minimum absolute atomic E-state index is 0.313. The minimum Gasteiger partial charge on any atom is -0.355 e. The highest BCUT2D eigenvalue weighted by Crippen LogP contribution is 2.25. The molecular weight excluding hydrogens is 319 g/mol. The lowest BCUT2D eigenvalue weighted by molar-refractivity contribution is 0.628. The van der Waals surface area contributed by atoms with Gasteiger partial charge < -0.3 is 5.32 Å². The molecule has 2 aromatic rings. The summed E-state index contributed by atoms with van der Waals surface area (Å²) in [7, 11) is 0. The molecule has 2 nitrogen and oxygen atoms in total. The van der Waals surface area contributed by atoms with Crippen molar-refractivity contribution in [2.45, 2.75) is 0 Å². The van der Waals surface area contributed by atoms with Gasteiger partial charge in [-0.1, -0.05) is 27.5 Å². The normalized spacial score (nSPS) is 9.89. The van der Waals surface area contributed by atoms with Crippen LogP contribution < -0.4 is 5.32 Å². The Bertz CT molecular complexity index is 617. The number of nitriles is 1. The minimum atomic E-state index is -0.416. The fourth-order valence-electron chi connectivity index (χ4n) is 1.52. The number of nitrogens with one attached hydrogen (secondary N) is 1. The third-order valence-electron chi connectivity index (χ3n) is 2.18. The Hall–Kier alpha value is -1.57. The zero-order valence-corrected chi connectivity index (χ0v) is 11.4. The molecule has 2 aromatic carbocycles. The van der Waals surface area contributed by atoms with Crippen molar-refractivity contribution in [3.8, 4) is 6.07 Å². The van der Waals surface area contributed by atoms with Gasteiger partial charge in [-0.25, -0.2) is 4.39 Å². The van der Waals surface area contributed by atoms with Gasteiger partial charge >= 0.3 is 0 Å². The second-order valence-electron chi connectivity index (χ2n) is 3.62. The SMILES string of the molecule is N#Cc1cc(Br)cc(Nc2cc(F)cc(Cl)c2)c1. The first-order chi connectivity index (χ1) is 8.56. The molecule has 0 saturated heterocycles. The summed E-state index contributed by atoms with van der Waals surface area (Å²) in [5.41, 5.74) is 1.72. The molecule has 0 aliphatic rings. The number of hydrogen-bond donors (Lipinski definition) is 1. The van der Waals surface area contributed by atoms with E-state index in [4.69, 9.17) is 16.9 Å². The summed E-state index contributed by atoms with van der Waals surface area (Å²) >= 11 is 9.07. The van der Waals surface area contributed by atoms with Crippen molar-refractivity contribution in [2.75, 3.05) is 5.32 Å². The molecule has 0 amide bonds. The van der Waals surface area contributed by atoms with Crippen LogP contribution in [-0.2, 0) is 0 Å². The largest absolute Gasteiger partial charge is 0.355 e. The molecule has 0 spiro atoms. The Balaban J connectivity index is 2.34. The van der Waals surface area contributed by atoms with Crippen LogP contribution in [0.2, 0.25) is 5.02 Å². The molecule has 0 bridgehead atoms. The van der Waals surface area contributed by atoms with Gasteiger partial charge in [0, 0.05) is 20.9 Å². The van der Waals surface area contributed by atoms with Gasteiger partial charge in [0.25, 0.3) is 0 Å². The molecule has 5 heteroatoms. The standard InChI is InChI=1S/C13H7BrClFN2/c14-9-1-8(7-17)2-12(3-9)18-13-5-10(15)4-11(16)6-13/h1-6,18H. The molecule has 1 N–H and O–H groups in total. The predicted octanol–water partition coefficient (Wildman–Crippen LogP) is 4.86. The van der Waals surface area contributed by atoms with Crippen molar-refractivity contribution in [1.29, 1.82) is 5.26 Å². The van der Waals surface area contributed by atoms with Crippen LogP contribution >= 0.6 is 27.5 Å². The molecule has 0 saturated carbocycles. The fraction of sp³-hybridized carbons (Fsp3) is 0. The molecule has 2 rings (SSSR count). The van der Waals surface area contributed by atoms with Crippen molar-refractivity contribution in [2.24, 2.45) is 0 Å². The Morgan fingerprint density at radius 2 is 1.83 bits per heavy atom. The van der Waals surface area contributed by atoms with E-state index in [2.05, 4.69) is 21.2 Å². The van der Waals surface area contributed by atoms with Gasteiger partial charge in [-0.2, -0.15) is 5.26 Å². The third kappa shape index (κ3) is 3.22. The highest BCUT2D eigenvalue weighted by atomic mass is 79.9. The van der Waals surface area contributed by atoms with Crippen molar-refractivity contribution in [3.63, 3.8) is 0 Å². The number of halogens is 3. The Kier molecular flexibility index (Phi) is 3.85. The second kappa shape index (κ2) is 5.38. The fourth-order valence-corrected chi connectivity index (χ4v) is 2.23. The molecule has 90 valence electrons. The first-order valence-electron chi connectivity index (χ1n) is 5.00. The summed E-state index contributed by atoms with van der Waals surface area (Å²) in [6.45, 7) is 0. The molecule has 0 aliphatic heterocycles. The summed E-state index contributed by atoms with van der Waals surface area (Å²) in [6.07, 6.45) is 0. The average Bonchev–Trinajstić information content (AvgIpc) is 2.26. The van der Waals surface area contributed by atoms with Crippen LogP contribution in [0.1, 0.15) is 5.56 Å². The average molecular weight is 326 g/mol. The molecule has 0 heterocycles. The molecule has 0 aromatic heterocycles. The van der Waals surface area contributed by atoms with E-state index in [-0.39, 0.29) is 0 Å². The highest BCUT2D eigenvalue weighted by molar-refractivity contribution is 9.10. The van der Waals surface area contributed by atoms with Crippen LogP contribution in [0.25, 0.3) is 0 Å². The monoisotopic (exact) mass is 324 g/mol. The summed E-state index contributed by atoms with van der Waals surface area (Å²) in [5.74, 6) is -0.416. The summed E-state index contributed by atoms with van der Waals surface area (Å²) in [4.78, 5) is 0. The van der Waals surface area contributed by atoms with Crippen LogP contribution in [0.5, 0.6) is 0 Å². The zero-order chi connectivity index (χ0) is 13.1. The molecule has 0 fully saturated rings. The number of hydrogen-bond acceptors (Lipinski definition) is 2. The Labute approximate surface area is 117 Å². The third-order valence-corrected chi connectivity index (χ3v) is 2.85. The van der Waals surface area contributed by atoms with E-state index in [1.165, 1.54) is 12.1 Å². The van der Waals surface area contributed by atoms with E-state index < -0.39 is 5.82 Å². The number of benzene rings is 2. The van der Waals surface area contributed by atoms with E-state index in [0.29, 0.717) is 22.0 Å². The van der Waals surface area contributed by atoms with Crippen molar-refractivity contribution >= 4 is 38.9 Å². The van der Waals surface area contributed by atoms with Crippen LogP contribution in [0.4, 0.5) is 15.8 Å². The highest BCUT2D eigenvalue weighted by Gasteiger charge is 2.02. The maximum atomic E-state index is 13.2. The molecule has 0 radical (unpaired) electrons. The van der Waals surface area contributed by atoms with Gasteiger partial charge in [0.1, 0.15) is 5.82 Å². The topological polar surface area (TPSA) is 35.8 Å². The van der Waals surface area contributed by atoms with Gasteiger partial charge in [-0.15, -0.1) is 0 Å². The number of anilines is 2. The quantitative estimate of drug-likeness (QED) is 0.856. The lowest BCUT2D eigenvalue weighted by Crippen LogP contribution is -1.92. The van der Waals surface area contributed by atoms with Gasteiger partial charge in [-0.05, 0) is 36.4 Å². The van der Waals surface area contributed by atoms with Crippen LogP contribution in [0.15, 0.2) is 40.9 Å². The smallest absolute Gasteiger partial charge is 0.126 e. The van der Waals surface area contributed by atoms with Crippen LogP contribution in [0.3, 0.4) is 0 Å². The number of rotatable bonds is 2. The molecule has 0 unspecified atom stereocenters. The lowest BCUT2D eigenvalue weighted by atomic mass is 10.2. The molecule has 0 atom stereocenters. The maximum absolute atomic E-state index is 13.2. The first-order valence-corrected chi connectivity index (χ1v) is 6.18. The Morgan fingerprint density at radius 1 is 1.11 bits per heavy atom. The van der Waals surface area contributed by atoms with E-state index >= 15 is 0 Å². The van der Waals surface area contributed by atoms with E-state index in [1.54, 1.807) is 24.3 Å². The van der Waals surface area contributed by atoms with Gasteiger partial charge in [0.05, 0.1) is 11.6 Å². The maximum Gasteiger partial charge on any atom is 0.126 e. The number of nitrogens with zero attached hydrogens (tertiary/aromatic N) is 1. The van der Waals surface area contributed by atoms with Crippen molar-refractivity contribution < 1.29 is 4.39 Å². The van der Waals surface area contributed by atoms with Crippen LogP contribution in [0, 0.1) is 17.1 Å². The van der Waals surface area contributed by atoms with Crippen LogP contribution in [-0.4, -0.2) is 0 Å². The van der Waals surface area contributed by atoms with Crippen molar-refractivity contribution in [1.82, 2.24) is 0 Å². The molecule has 18 heavy (non-hydrogen) atoms. The second-order valence-corrected chi connectivity index (χ2v) is 4.98. The summed E-state index contributed by atoms with van der Waals surface area (Å²) in [6, 6.07) is 11.4. The summed E-state index contributed by atoms with van der Waals surface area (Å²) in [5, 5.41) is 12.2. The van der Waals surface area contributed by atoms with E-state index in [0.717, 1.165) is 4.47 Å².